The number of hydrogen-bond donors (Lipinski definition) is 2. The highest BCUT2D eigenvalue weighted by Crippen LogP contribution is 2.00. The number of hydrogen-bond acceptors (Lipinski definition) is 5. The van der Waals surface area contributed by atoms with Gasteiger partial charge in [-0.3, -0.25) is 9.88 Å². The van der Waals surface area contributed by atoms with Gasteiger partial charge in [-0.1, -0.05) is 6.92 Å². The SMILES string of the molecule is CCN(CCO)Cc1cnc(N)cn1. The van der Waals surface area contributed by atoms with Crippen molar-refractivity contribution in [2.45, 2.75) is 13.5 Å². The van der Waals surface area contributed by atoms with Crippen LogP contribution in [-0.2, 0) is 6.54 Å². The molecule has 14 heavy (non-hydrogen) atoms. The Hall–Kier alpha value is -1.20. The third kappa shape index (κ3) is 3.27. The highest BCUT2D eigenvalue weighted by atomic mass is 16.3. The molecule has 0 bridgehead atoms. The first kappa shape index (κ1) is 10.9. The summed E-state index contributed by atoms with van der Waals surface area (Å²) in [5, 5.41) is 8.79. The van der Waals surface area contributed by atoms with Crippen molar-refractivity contribution >= 4 is 5.82 Å². The average Bonchev–Trinajstić information content (AvgIpc) is 2.20. The summed E-state index contributed by atoms with van der Waals surface area (Å²) >= 11 is 0. The zero-order valence-corrected chi connectivity index (χ0v) is 8.35. The number of anilines is 1. The Morgan fingerprint density at radius 3 is 2.71 bits per heavy atom. The fourth-order valence-electron chi connectivity index (χ4n) is 1.17. The van der Waals surface area contributed by atoms with Crippen molar-refractivity contribution in [1.82, 2.24) is 14.9 Å². The summed E-state index contributed by atoms with van der Waals surface area (Å²) in [5.41, 5.74) is 6.29. The summed E-state index contributed by atoms with van der Waals surface area (Å²) in [4.78, 5) is 10.2. The predicted octanol–water partition coefficient (Wildman–Crippen LogP) is -0.127. The number of nitrogens with zero attached hydrogens (tertiary/aromatic N) is 3. The zero-order valence-electron chi connectivity index (χ0n) is 8.35. The molecule has 0 unspecified atom stereocenters. The quantitative estimate of drug-likeness (QED) is 0.686. The van der Waals surface area contributed by atoms with Gasteiger partial charge in [0.2, 0.25) is 0 Å². The topological polar surface area (TPSA) is 75.3 Å². The monoisotopic (exact) mass is 196 g/mol. The maximum Gasteiger partial charge on any atom is 0.141 e. The van der Waals surface area contributed by atoms with Crippen molar-refractivity contribution in [2.75, 3.05) is 25.4 Å². The molecule has 0 aliphatic rings. The largest absolute Gasteiger partial charge is 0.395 e. The molecule has 0 amide bonds. The molecule has 1 heterocycles. The number of rotatable bonds is 5. The van der Waals surface area contributed by atoms with E-state index >= 15 is 0 Å². The van der Waals surface area contributed by atoms with Gasteiger partial charge in [-0.15, -0.1) is 0 Å². The Kier molecular flexibility index (Phi) is 4.28. The van der Waals surface area contributed by atoms with Crippen molar-refractivity contribution in [1.29, 1.82) is 0 Å². The van der Waals surface area contributed by atoms with Crippen LogP contribution in [-0.4, -0.2) is 39.7 Å². The van der Waals surface area contributed by atoms with Crippen molar-refractivity contribution in [3.63, 3.8) is 0 Å². The van der Waals surface area contributed by atoms with Gasteiger partial charge in [0.05, 0.1) is 24.7 Å². The third-order valence-electron chi connectivity index (χ3n) is 1.97. The van der Waals surface area contributed by atoms with E-state index in [1.54, 1.807) is 12.4 Å². The average molecular weight is 196 g/mol. The minimum atomic E-state index is 0.163. The molecule has 0 radical (unpaired) electrons. The Bertz CT molecular complexity index is 262. The van der Waals surface area contributed by atoms with Crippen LogP contribution in [0, 0.1) is 0 Å². The van der Waals surface area contributed by atoms with Gasteiger partial charge in [0.1, 0.15) is 5.82 Å². The van der Waals surface area contributed by atoms with E-state index in [9.17, 15) is 0 Å². The fourth-order valence-corrected chi connectivity index (χ4v) is 1.17. The summed E-state index contributed by atoms with van der Waals surface area (Å²) in [6.07, 6.45) is 3.21. The van der Waals surface area contributed by atoms with Crippen molar-refractivity contribution < 1.29 is 5.11 Å². The lowest BCUT2D eigenvalue weighted by molar-refractivity contribution is 0.195. The lowest BCUT2D eigenvalue weighted by Crippen LogP contribution is -2.26. The molecule has 1 aromatic heterocycles. The minimum Gasteiger partial charge on any atom is -0.395 e. The first-order valence-corrected chi connectivity index (χ1v) is 4.66. The van der Waals surface area contributed by atoms with Crippen LogP contribution in [0.2, 0.25) is 0 Å². The van der Waals surface area contributed by atoms with E-state index in [1.165, 1.54) is 0 Å². The second-order valence-corrected chi connectivity index (χ2v) is 3.02. The van der Waals surface area contributed by atoms with Crippen molar-refractivity contribution in [3.05, 3.63) is 18.1 Å². The molecular weight excluding hydrogens is 180 g/mol. The lowest BCUT2D eigenvalue weighted by Gasteiger charge is -2.17. The highest BCUT2D eigenvalue weighted by molar-refractivity contribution is 5.22. The van der Waals surface area contributed by atoms with Gasteiger partial charge in [0.25, 0.3) is 0 Å². The molecule has 0 spiro atoms. The number of nitrogen functional groups attached to an aromatic ring is 1. The summed E-state index contributed by atoms with van der Waals surface area (Å²) in [6, 6.07) is 0. The first-order chi connectivity index (χ1) is 6.76. The molecule has 0 aliphatic heterocycles. The van der Waals surface area contributed by atoms with E-state index in [-0.39, 0.29) is 6.61 Å². The molecule has 78 valence electrons. The molecule has 1 aromatic rings. The predicted molar refractivity (Wildman–Crippen MR) is 54.5 cm³/mol. The van der Waals surface area contributed by atoms with Crippen LogP contribution in [0.4, 0.5) is 5.82 Å². The highest BCUT2D eigenvalue weighted by Gasteiger charge is 2.03. The molecular formula is C9H16N4O. The van der Waals surface area contributed by atoms with Crippen LogP contribution in [0.1, 0.15) is 12.6 Å². The number of aliphatic hydroxyl groups is 1. The second kappa shape index (κ2) is 5.51. The fraction of sp³-hybridized carbons (Fsp3) is 0.556. The molecule has 5 heteroatoms. The number of likely N-dealkylation sites (N-methyl/N-ethyl adjacent to an activating group) is 1. The Labute approximate surface area is 83.6 Å². The summed E-state index contributed by atoms with van der Waals surface area (Å²) in [7, 11) is 0. The van der Waals surface area contributed by atoms with Crippen LogP contribution in [0.15, 0.2) is 12.4 Å². The number of aliphatic hydroxyl groups excluding tert-OH is 1. The van der Waals surface area contributed by atoms with E-state index in [0.717, 1.165) is 12.2 Å². The third-order valence-corrected chi connectivity index (χ3v) is 1.97. The van der Waals surface area contributed by atoms with Gasteiger partial charge >= 0.3 is 0 Å². The summed E-state index contributed by atoms with van der Waals surface area (Å²) < 4.78 is 0. The van der Waals surface area contributed by atoms with E-state index in [1.807, 2.05) is 6.92 Å². The number of nitrogens with two attached hydrogens (primary N) is 1. The van der Waals surface area contributed by atoms with Gasteiger partial charge < -0.3 is 10.8 Å². The zero-order chi connectivity index (χ0) is 10.4. The molecule has 0 saturated heterocycles. The Morgan fingerprint density at radius 1 is 1.43 bits per heavy atom. The normalized spacial score (nSPS) is 10.8. The van der Waals surface area contributed by atoms with E-state index in [2.05, 4.69) is 14.9 Å². The molecule has 3 N–H and O–H groups in total. The van der Waals surface area contributed by atoms with Gasteiger partial charge in [0.15, 0.2) is 0 Å². The van der Waals surface area contributed by atoms with Crippen molar-refractivity contribution in [2.24, 2.45) is 0 Å². The van der Waals surface area contributed by atoms with E-state index < -0.39 is 0 Å². The second-order valence-electron chi connectivity index (χ2n) is 3.02. The molecule has 0 saturated carbocycles. The summed E-state index contributed by atoms with van der Waals surface area (Å²) in [5.74, 6) is 0.430. The van der Waals surface area contributed by atoms with Crippen LogP contribution < -0.4 is 5.73 Å². The Morgan fingerprint density at radius 2 is 2.21 bits per heavy atom. The van der Waals surface area contributed by atoms with Crippen LogP contribution in [0.5, 0.6) is 0 Å². The van der Waals surface area contributed by atoms with Gasteiger partial charge in [-0.05, 0) is 6.54 Å². The van der Waals surface area contributed by atoms with E-state index in [4.69, 9.17) is 10.8 Å². The van der Waals surface area contributed by atoms with Gasteiger partial charge in [-0.2, -0.15) is 0 Å². The standard InChI is InChI=1S/C9H16N4O/c1-2-13(3-4-14)7-8-5-12-9(10)6-11-8/h5-6,14H,2-4,7H2,1H3,(H2,10,12). The summed E-state index contributed by atoms with van der Waals surface area (Å²) in [6.45, 7) is 4.44. The smallest absolute Gasteiger partial charge is 0.141 e. The Balaban J connectivity index is 2.53. The van der Waals surface area contributed by atoms with Crippen LogP contribution in [0.25, 0.3) is 0 Å². The van der Waals surface area contributed by atoms with Crippen molar-refractivity contribution in [3.8, 4) is 0 Å². The van der Waals surface area contributed by atoms with Gasteiger partial charge in [0, 0.05) is 13.1 Å². The molecule has 0 fully saturated rings. The van der Waals surface area contributed by atoms with Crippen LogP contribution in [0.3, 0.4) is 0 Å². The molecule has 0 aliphatic carbocycles. The lowest BCUT2D eigenvalue weighted by atomic mass is 10.4. The van der Waals surface area contributed by atoms with E-state index in [0.29, 0.717) is 18.9 Å². The minimum absolute atomic E-state index is 0.163. The maximum absolute atomic E-state index is 8.79. The molecule has 0 atom stereocenters. The maximum atomic E-state index is 8.79. The van der Waals surface area contributed by atoms with Gasteiger partial charge in [-0.25, -0.2) is 4.98 Å². The number of aromatic nitrogens is 2. The molecule has 5 nitrogen and oxygen atoms in total. The van der Waals surface area contributed by atoms with Crippen LogP contribution >= 0.6 is 0 Å². The first-order valence-electron chi connectivity index (χ1n) is 4.66. The molecule has 1 rings (SSSR count). The molecule has 0 aromatic carbocycles.